The van der Waals surface area contributed by atoms with Gasteiger partial charge in [-0.3, -0.25) is 4.79 Å². The molecule has 1 aromatic rings. The predicted octanol–water partition coefficient (Wildman–Crippen LogP) is 1.02. The molecule has 5 nitrogen and oxygen atoms in total. The number of carbonyl (C=O) groups excluding carboxylic acids is 1. The van der Waals surface area contributed by atoms with Gasteiger partial charge in [-0.1, -0.05) is 5.16 Å². The van der Waals surface area contributed by atoms with Crippen LogP contribution in [0.3, 0.4) is 0 Å². The van der Waals surface area contributed by atoms with Crippen molar-refractivity contribution in [3.05, 3.63) is 24.0 Å². The van der Waals surface area contributed by atoms with Gasteiger partial charge >= 0.3 is 0 Å². The molecule has 1 fully saturated rings. The summed E-state index contributed by atoms with van der Waals surface area (Å²) in [4.78, 5) is 11.5. The van der Waals surface area contributed by atoms with Crippen LogP contribution in [0.2, 0.25) is 0 Å². The first-order chi connectivity index (χ1) is 7.31. The second-order valence-electron chi connectivity index (χ2n) is 3.57. The molecule has 0 atom stereocenters. The molecule has 1 heterocycles. The number of Topliss-reactive ketones (excluding diaryl/α,β-unsaturated/α-hetero) is 1. The normalized spacial score (nSPS) is 16.4. The van der Waals surface area contributed by atoms with Crippen LogP contribution in [0.4, 0.5) is 0 Å². The molecule has 0 spiro atoms. The maximum Gasteiger partial charge on any atom is 0.142 e. The van der Waals surface area contributed by atoms with Crippen LogP contribution in [0.1, 0.15) is 25.0 Å². The van der Waals surface area contributed by atoms with Crippen LogP contribution >= 0.6 is 0 Å². The minimum absolute atomic E-state index is 0.119. The largest absolute Gasteiger partial charge is 0.411 e. The van der Waals surface area contributed by atoms with E-state index in [1.807, 2.05) is 0 Å². The van der Waals surface area contributed by atoms with E-state index in [-0.39, 0.29) is 18.1 Å². The lowest BCUT2D eigenvalue weighted by atomic mass is 10.1. The number of ketones is 1. The molecule has 78 valence electrons. The van der Waals surface area contributed by atoms with Crippen molar-refractivity contribution in [2.75, 3.05) is 0 Å². The van der Waals surface area contributed by atoms with Gasteiger partial charge < -0.3 is 5.21 Å². The molecule has 1 N–H and O–H groups in total. The van der Waals surface area contributed by atoms with Crippen LogP contribution in [0, 0.1) is 5.92 Å². The minimum atomic E-state index is 0.119. The lowest BCUT2D eigenvalue weighted by Crippen LogP contribution is -2.12. The van der Waals surface area contributed by atoms with Gasteiger partial charge in [-0.15, -0.1) is 5.10 Å². The molecular weight excluding hydrogens is 194 g/mol. The second kappa shape index (κ2) is 4.16. The van der Waals surface area contributed by atoms with Crippen molar-refractivity contribution in [1.29, 1.82) is 0 Å². The Labute approximate surface area is 86.8 Å². The summed E-state index contributed by atoms with van der Waals surface area (Å²) in [5.41, 5.74) is 0.744. The molecule has 2 rings (SSSR count). The van der Waals surface area contributed by atoms with Crippen molar-refractivity contribution < 1.29 is 10.0 Å². The summed E-state index contributed by atoms with van der Waals surface area (Å²) in [5, 5.41) is 19.4. The van der Waals surface area contributed by atoms with Crippen LogP contribution < -0.4 is 0 Å². The highest BCUT2D eigenvalue weighted by Crippen LogP contribution is 2.31. The number of rotatable bonds is 4. The molecule has 0 radical (unpaired) electrons. The Morgan fingerprint density at radius 1 is 1.60 bits per heavy atom. The third-order valence-corrected chi connectivity index (χ3v) is 2.36. The molecule has 0 aromatic carbocycles. The van der Waals surface area contributed by atoms with Crippen LogP contribution in [0.5, 0.6) is 0 Å². The Kier molecular flexibility index (Phi) is 2.71. The zero-order valence-electron chi connectivity index (χ0n) is 8.13. The third-order valence-electron chi connectivity index (χ3n) is 2.36. The molecule has 1 aromatic heterocycles. The topological polar surface area (TPSA) is 75.4 Å². The fourth-order valence-corrected chi connectivity index (χ4v) is 1.35. The smallest absolute Gasteiger partial charge is 0.142 e. The lowest BCUT2D eigenvalue weighted by Gasteiger charge is -2.00. The first-order valence-electron chi connectivity index (χ1n) is 4.83. The van der Waals surface area contributed by atoms with E-state index in [0.717, 1.165) is 12.8 Å². The van der Waals surface area contributed by atoms with E-state index in [1.54, 1.807) is 12.1 Å². The van der Waals surface area contributed by atoms with Gasteiger partial charge in [0.25, 0.3) is 0 Å². The Balaban J connectivity index is 2.08. The van der Waals surface area contributed by atoms with Crippen molar-refractivity contribution in [3.8, 4) is 0 Å². The summed E-state index contributed by atoms with van der Waals surface area (Å²) in [7, 11) is 0. The summed E-state index contributed by atoms with van der Waals surface area (Å²) < 4.78 is 0. The summed E-state index contributed by atoms with van der Waals surface area (Å²) in [6, 6.07) is 3.36. The average molecular weight is 205 g/mol. The quantitative estimate of drug-likeness (QED) is 0.452. The number of oxime groups is 1. The highest BCUT2D eigenvalue weighted by molar-refractivity contribution is 6.10. The Bertz CT molecular complexity index is 385. The van der Waals surface area contributed by atoms with Gasteiger partial charge in [0.15, 0.2) is 0 Å². The Morgan fingerprint density at radius 2 is 2.40 bits per heavy atom. The zero-order chi connectivity index (χ0) is 10.7. The van der Waals surface area contributed by atoms with Crippen molar-refractivity contribution in [2.24, 2.45) is 11.1 Å². The average Bonchev–Trinajstić information content (AvgIpc) is 3.10. The fraction of sp³-hybridized carbons (Fsp3) is 0.400. The molecule has 0 aliphatic heterocycles. The van der Waals surface area contributed by atoms with Crippen molar-refractivity contribution in [1.82, 2.24) is 10.2 Å². The molecule has 1 aliphatic rings. The van der Waals surface area contributed by atoms with Gasteiger partial charge in [0, 0.05) is 12.1 Å². The molecule has 0 unspecified atom stereocenters. The van der Waals surface area contributed by atoms with E-state index in [9.17, 15) is 4.79 Å². The molecule has 0 saturated heterocycles. The number of hydrogen-bond acceptors (Lipinski definition) is 5. The van der Waals surface area contributed by atoms with Crippen LogP contribution in [0.25, 0.3) is 0 Å². The standard InChI is InChI=1S/C10H11N3O2/c14-10(7-3-4-7)6-9(13-15)8-2-1-5-11-12-8/h1-2,5,7,15H,3-4,6H2/b13-9+. The SMILES string of the molecule is O=C(C/C(=N\O)c1cccnn1)C1CC1. The number of hydrogen-bond donors (Lipinski definition) is 1. The summed E-state index contributed by atoms with van der Waals surface area (Å²) in [6.07, 6.45) is 3.58. The van der Waals surface area contributed by atoms with Gasteiger partial charge in [-0.2, -0.15) is 5.10 Å². The van der Waals surface area contributed by atoms with E-state index in [1.165, 1.54) is 6.20 Å². The fourth-order valence-electron chi connectivity index (χ4n) is 1.35. The number of nitrogens with zero attached hydrogens (tertiary/aromatic N) is 3. The molecule has 1 saturated carbocycles. The molecule has 0 amide bonds. The summed E-state index contributed by atoms with van der Waals surface area (Å²) in [6.45, 7) is 0. The van der Waals surface area contributed by atoms with E-state index >= 15 is 0 Å². The van der Waals surface area contributed by atoms with Crippen LogP contribution in [0.15, 0.2) is 23.5 Å². The molecule has 0 bridgehead atoms. The van der Waals surface area contributed by atoms with Gasteiger partial charge in [0.05, 0.1) is 6.42 Å². The van der Waals surface area contributed by atoms with E-state index in [2.05, 4.69) is 15.4 Å². The first-order valence-corrected chi connectivity index (χ1v) is 4.83. The van der Waals surface area contributed by atoms with Crippen LogP contribution in [-0.4, -0.2) is 26.9 Å². The zero-order valence-corrected chi connectivity index (χ0v) is 8.13. The summed E-state index contributed by atoms with van der Waals surface area (Å²) >= 11 is 0. The molecular formula is C10H11N3O2. The van der Waals surface area contributed by atoms with Crippen molar-refractivity contribution in [2.45, 2.75) is 19.3 Å². The van der Waals surface area contributed by atoms with E-state index in [0.29, 0.717) is 11.4 Å². The second-order valence-corrected chi connectivity index (χ2v) is 3.57. The monoisotopic (exact) mass is 205 g/mol. The van der Waals surface area contributed by atoms with Gasteiger partial charge in [0.1, 0.15) is 17.2 Å². The highest BCUT2D eigenvalue weighted by atomic mass is 16.4. The summed E-state index contributed by atoms with van der Waals surface area (Å²) in [5.74, 6) is 0.284. The predicted molar refractivity (Wildman–Crippen MR) is 52.7 cm³/mol. The van der Waals surface area contributed by atoms with Gasteiger partial charge in [0.2, 0.25) is 0 Å². The number of aromatic nitrogens is 2. The molecule has 15 heavy (non-hydrogen) atoms. The van der Waals surface area contributed by atoms with Crippen molar-refractivity contribution in [3.63, 3.8) is 0 Å². The maximum absolute atomic E-state index is 11.5. The minimum Gasteiger partial charge on any atom is -0.411 e. The molecule has 1 aliphatic carbocycles. The van der Waals surface area contributed by atoms with Crippen LogP contribution in [-0.2, 0) is 4.79 Å². The Morgan fingerprint density at radius 3 is 2.93 bits per heavy atom. The van der Waals surface area contributed by atoms with Gasteiger partial charge in [-0.25, -0.2) is 0 Å². The van der Waals surface area contributed by atoms with Crippen molar-refractivity contribution >= 4 is 11.5 Å². The highest BCUT2D eigenvalue weighted by Gasteiger charge is 2.30. The number of carbonyl (C=O) groups is 1. The first kappa shape index (κ1) is 9.76. The lowest BCUT2D eigenvalue weighted by molar-refractivity contribution is -0.119. The van der Waals surface area contributed by atoms with E-state index < -0.39 is 0 Å². The van der Waals surface area contributed by atoms with Gasteiger partial charge in [-0.05, 0) is 25.0 Å². The Hall–Kier alpha value is -1.78. The van der Waals surface area contributed by atoms with E-state index in [4.69, 9.17) is 5.21 Å². The molecule has 5 heteroatoms. The maximum atomic E-state index is 11.5. The third kappa shape index (κ3) is 2.37.